The molecule has 1 aromatic heterocycles. The number of nitrogens with one attached hydrogen (secondary N) is 1. The summed E-state index contributed by atoms with van der Waals surface area (Å²) in [5, 5.41) is 8.95. The molecule has 1 N–H and O–H groups in total. The molecule has 0 unspecified atom stereocenters. The first kappa shape index (κ1) is 16.1. The molecular weight excluding hydrogens is 282 g/mol. The largest absolute Gasteiger partial charge is 0.306 e. The van der Waals surface area contributed by atoms with Crippen LogP contribution in [0.2, 0.25) is 5.02 Å². The monoisotopic (exact) mass is 305 g/mol. The lowest BCUT2D eigenvalue weighted by Crippen LogP contribution is -2.21. The number of aromatic nitrogens is 2. The van der Waals surface area contributed by atoms with Crippen LogP contribution >= 0.6 is 11.6 Å². The van der Waals surface area contributed by atoms with Crippen LogP contribution in [0, 0.1) is 0 Å². The first-order chi connectivity index (χ1) is 9.79. The molecule has 0 saturated heterocycles. The van der Waals surface area contributed by atoms with E-state index in [1.165, 1.54) is 5.56 Å². The average Bonchev–Trinajstić information content (AvgIpc) is 2.78. The van der Waals surface area contributed by atoms with E-state index in [9.17, 15) is 0 Å². The van der Waals surface area contributed by atoms with E-state index in [-0.39, 0.29) is 11.5 Å². The lowest BCUT2D eigenvalue weighted by molar-refractivity contribution is 0.531. The Hall–Kier alpha value is -1.32. The maximum absolute atomic E-state index is 6.25. The molecule has 0 radical (unpaired) electrons. The van der Waals surface area contributed by atoms with Gasteiger partial charge in [0.05, 0.1) is 5.69 Å². The molecule has 0 spiro atoms. The molecule has 2 rings (SSSR count). The number of aryl methyl sites for hydroxylation is 1. The van der Waals surface area contributed by atoms with Crippen LogP contribution in [0.15, 0.2) is 30.5 Å². The zero-order valence-corrected chi connectivity index (χ0v) is 14.2. The maximum Gasteiger partial charge on any atom is 0.0722 e. The summed E-state index contributed by atoms with van der Waals surface area (Å²) < 4.78 is 1.89. The smallest absolute Gasteiger partial charge is 0.0722 e. The summed E-state index contributed by atoms with van der Waals surface area (Å²) >= 11 is 6.25. The topological polar surface area (TPSA) is 29.9 Å². The standard InChI is InChI=1S/C17H24ClN3/c1-12(14-8-6-7-9-15(14)18)19-10-13-11-21(5)20-16(13)17(2,3)4/h6-9,11-12,19H,10H2,1-5H3/t12-/m0/s1. The number of halogens is 1. The molecular formula is C17H24ClN3. The molecule has 1 heterocycles. The summed E-state index contributed by atoms with van der Waals surface area (Å²) in [4.78, 5) is 0. The first-order valence-corrected chi connectivity index (χ1v) is 7.67. The van der Waals surface area contributed by atoms with E-state index < -0.39 is 0 Å². The van der Waals surface area contributed by atoms with E-state index in [2.05, 4.69) is 50.4 Å². The highest BCUT2D eigenvalue weighted by atomic mass is 35.5. The third-order valence-corrected chi connectivity index (χ3v) is 3.93. The number of rotatable bonds is 4. The second-order valence-corrected chi connectivity index (χ2v) is 6.96. The number of hydrogen-bond donors (Lipinski definition) is 1. The van der Waals surface area contributed by atoms with Crippen LogP contribution in [-0.2, 0) is 19.0 Å². The Labute approximate surface area is 132 Å². The highest BCUT2D eigenvalue weighted by molar-refractivity contribution is 6.31. The van der Waals surface area contributed by atoms with Crippen LogP contribution in [0.3, 0.4) is 0 Å². The molecule has 0 saturated carbocycles. The number of nitrogens with zero attached hydrogens (tertiary/aromatic N) is 2. The summed E-state index contributed by atoms with van der Waals surface area (Å²) in [6, 6.07) is 8.17. The quantitative estimate of drug-likeness (QED) is 0.916. The van der Waals surface area contributed by atoms with Crippen molar-refractivity contribution < 1.29 is 0 Å². The van der Waals surface area contributed by atoms with Gasteiger partial charge in [0.15, 0.2) is 0 Å². The van der Waals surface area contributed by atoms with Crippen molar-refractivity contribution in [3.63, 3.8) is 0 Å². The zero-order valence-electron chi connectivity index (χ0n) is 13.4. The Morgan fingerprint density at radius 1 is 1.29 bits per heavy atom. The van der Waals surface area contributed by atoms with Crippen LogP contribution in [0.5, 0.6) is 0 Å². The molecule has 1 aromatic carbocycles. The van der Waals surface area contributed by atoms with Crippen molar-refractivity contribution in [2.45, 2.75) is 45.7 Å². The number of hydrogen-bond acceptors (Lipinski definition) is 2. The summed E-state index contributed by atoms with van der Waals surface area (Å²) in [5.74, 6) is 0. The minimum absolute atomic E-state index is 0.0475. The van der Waals surface area contributed by atoms with Crippen molar-refractivity contribution >= 4 is 11.6 Å². The zero-order chi connectivity index (χ0) is 15.6. The normalized spacial score (nSPS) is 13.4. The molecule has 114 valence electrons. The summed E-state index contributed by atoms with van der Waals surface area (Å²) in [6.45, 7) is 9.49. The van der Waals surface area contributed by atoms with Gasteiger partial charge in [0.1, 0.15) is 0 Å². The fourth-order valence-corrected chi connectivity index (χ4v) is 2.80. The van der Waals surface area contributed by atoms with Crippen molar-refractivity contribution in [1.82, 2.24) is 15.1 Å². The predicted molar refractivity (Wildman–Crippen MR) is 88.6 cm³/mol. The molecule has 0 aliphatic carbocycles. The minimum Gasteiger partial charge on any atom is -0.306 e. The second kappa shape index (κ2) is 6.20. The molecule has 2 aromatic rings. The molecule has 3 nitrogen and oxygen atoms in total. The van der Waals surface area contributed by atoms with Crippen LogP contribution in [0.25, 0.3) is 0 Å². The van der Waals surface area contributed by atoms with E-state index in [0.717, 1.165) is 22.8 Å². The van der Waals surface area contributed by atoms with Crippen LogP contribution in [0.4, 0.5) is 0 Å². The van der Waals surface area contributed by atoms with E-state index in [1.54, 1.807) is 0 Å². The van der Waals surface area contributed by atoms with Crippen LogP contribution in [-0.4, -0.2) is 9.78 Å². The summed E-state index contributed by atoms with van der Waals surface area (Å²) in [5.41, 5.74) is 3.56. The highest BCUT2D eigenvalue weighted by Crippen LogP contribution is 2.26. The van der Waals surface area contributed by atoms with Crippen molar-refractivity contribution in [2.24, 2.45) is 7.05 Å². The Kier molecular flexibility index (Phi) is 4.74. The van der Waals surface area contributed by atoms with E-state index in [0.29, 0.717) is 0 Å². The Morgan fingerprint density at radius 3 is 2.57 bits per heavy atom. The van der Waals surface area contributed by atoms with Gasteiger partial charge in [-0.15, -0.1) is 0 Å². The minimum atomic E-state index is 0.0475. The van der Waals surface area contributed by atoms with Gasteiger partial charge in [-0.1, -0.05) is 50.6 Å². The molecule has 21 heavy (non-hydrogen) atoms. The Morgan fingerprint density at radius 2 is 1.95 bits per heavy atom. The van der Waals surface area contributed by atoms with Gasteiger partial charge in [0, 0.05) is 41.8 Å². The van der Waals surface area contributed by atoms with Crippen molar-refractivity contribution in [3.8, 4) is 0 Å². The van der Waals surface area contributed by atoms with Crippen molar-refractivity contribution in [3.05, 3.63) is 52.3 Å². The maximum atomic E-state index is 6.25. The van der Waals surface area contributed by atoms with Gasteiger partial charge in [0.2, 0.25) is 0 Å². The fourth-order valence-electron chi connectivity index (χ4n) is 2.50. The van der Waals surface area contributed by atoms with Crippen LogP contribution in [0.1, 0.15) is 50.6 Å². The lowest BCUT2D eigenvalue weighted by Gasteiger charge is -2.19. The summed E-state index contributed by atoms with van der Waals surface area (Å²) in [6.07, 6.45) is 2.09. The Balaban J connectivity index is 2.12. The van der Waals surface area contributed by atoms with Gasteiger partial charge >= 0.3 is 0 Å². The summed E-state index contributed by atoms with van der Waals surface area (Å²) in [7, 11) is 1.97. The molecule has 0 bridgehead atoms. The third-order valence-electron chi connectivity index (χ3n) is 3.59. The predicted octanol–water partition coefficient (Wildman–Crippen LogP) is 4.22. The number of benzene rings is 1. The van der Waals surface area contributed by atoms with Gasteiger partial charge in [-0.2, -0.15) is 5.10 Å². The molecule has 0 aliphatic heterocycles. The molecule has 4 heteroatoms. The van der Waals surface area contributed by atoms with Gasteiger partial charge in [-0.25, -0.2) is 0 Å². The highest BCUT2D eigenvalue weighted by Gasteiger charge is 2.22. The van der Waals surface area contributed by atoms with Gasteiger partial charge < -0.3 is 5.32 Å². The van der Waals surface area contributed by atoms with E-state index in [4.69, 9.17) is 11.6 Å². The fraction of sp³-hybridized carbons (Fsp3) is 0.471. The van der Waals surface area contributed by atoms with E-state index >= 15 is 0 Å². The van der Waals surface area contributed by atoms with Crippen LogP contribution < -0.4 is 5.32 Å². The Bertz CT molecular complexity index is 611. The van der Waals surface area contributed by atoms with Gasteiger partial charge in [-0.05, 0) is 18.6 Å². The van der Waals surface area contributed by atoms with Crippen molar-refractivity contribution in [1.29, 1.82) is 0 Å². The molecule has 0 fully saturated rings. The van der Waals surface area contributed by atoms with Gasteiger partial charge in [-0.3, -0.25) is 4.68 Å². The molecule has 1 atom stereocenters. The van der Waals surface area contributed by atoms with E-state index in [1.807, 2.05) is 29.9 Å². The SMILES string of the molecule is C[C@H](NCc1cn(C)nc1C(C)(C)C)c1ccccc1Cl. The second-order valence-electron chi connectivity index (χ2n) is 6.55. The first-order valence-electron chi connectivity index (χ1n) is 7.30. The van der Waals surface area contributed by atoms with Crippen molar-refractivity contribution in [2.75, 3.05) is 0 Å². The van der Waals surface area contributed by atoms with Gasteiger partial charge in [0.25, 0.3) is 0 Å². The third kappa shape index (κ3) is 3.86. The lowest BCUT2D eigenvalue weighted by atomic mass is 9.89. The molecule has 0 amide bonds. The average molecular weight is 306 g/mol. The molecule has 0 aliphatic rings.